The summed E-state index contributed by atoms with van der Waals surface area (Å²) < 4.78 is 51.4. The van der Waals surface area contributed by atoms with E-state index < -0.39 is 24.6 Å². The van der Waals surface area contributed by atoms with Gasteiger partial charge in [0.25, 0.3) is 0 Å². The van der Waals surface area contributed by atoms with Gasteiger partial charge in [-0.15, -0.1) is 0 Å². The van der Waals surface area contributed by atoms with E-state index in [4.69, 9.17) is 0 Å². The topological polar surface area (TPSA) is 34.9 Å². The van der Waals surface area contributed by atoms with Crippen molar-refractivity contribution in [2.24, 2.45) is 7.05 Å². The molecule has 0 aliphatic heterocycles. The van der Waals surface area contributed by atoms with Crippen molar-refractivity contribution in [1.82, 2.24) is 9.78 Å². The summed E-state index contributed by atoms with van der Waals surface area (Å²) in [5, 5.41) is 3.99. The number of ketones is 1. The highest BCUT2D eigenvalue weighted by Gasteiger charge is 2.48. The van der Waals surface area contributed by atoms with Crippen LogP contribution >= 0.6 is 15.9 Å². The zero-order chi connectivity index (χ0) is 14.1. The van der Waals surface area contributed by atoms with Crippen LogP contribution in [0.15, 0.2) is 4.47 Å². The number of carbonyl (C=O) groups excluding carboxylic acids is 1. The maximum absolute atomic E-state index is 12.8. The molecule has 102 valence electrons. The molecule has 0 aliphatic rings. The molecule has 0 saturated heterocycles. The fourth-order valence-corrected chi connectivity index (χ4v) is 2.16. The van der Waals surface area contributed by atoms with Crippen LogP contribution < -0.4 is 0 Å². The summed E-state index contributed by atoms with van der Waals surface area (Å²) in [5.74, 6) is -6.44. The van der Waals surface area contributed by atoms with E-state index in [0.717, 1.165) is 0 Å². The number of alkyl halides is 4. The number of rotatable bonds is 5. The molecule has 1 aromatic rings. The fraction of sp³-hybridized carbons (Fsp3) is 0.600. The Morgan fingerprint density at radius 1 is 1.50 bits per heavy atom. The second kappa shape index (κ2) is 5.38. The standard InChI is InChI=1S/C10H11BrF4N2O/c1-3-5-8(11)6(17(2)16-5)4-7(18)10(14,15)9(12)13/h9H,3-4H2,1-2H3. The summed E-state index contributed by atoms with van der Waals surface area (Å²) in [6.07, 6.45) is -4.25. The minimum absolute atomic E-state index is 0.164. The molecule has 0 amide bonds. The summed E-state index contributed by atoms with van der Waals surface area (Å²) in [7, 11) is 1.47. The molecule has 0 radical (unpaired) electrons. The molecule has 0 aromatic carbocycles. The first kappa shape index (κ1) is 15.1. The summed E-state index contributed by atoms with van der Waals surface area (Å²) in [4.78, 5) is 11.2. The fourth-order valence-electron chi connectivity index (χ4n) is 1.40. The molecular formula is C10H11BrF4N2O. The first-order valence-corrected chi connectivity index (χ1v) is 5.90. The summed E-state index contributed by atoms with van der Waals surface area (Å²) in [5.41, 5.74) is 0.748. The monoisotopic (exact) mass is 330 g/mol. The van der Waals surface area contributed by atoms with E-state index in [2.05, 4.69) is 21.0 Å². The molecule has 0 atom stereocenters. The molecule has 0 spiro atoms. The Balaban J connectivity index is 2.99. The van der Waals surface area contributed by atoms with Crippen LogP contribution in [-0.4, -0.2) is 27.9 Å². The molecule has 0 aliphatic carbocycles. The van der Waals surface area contributed by atoms with Crippen LogP contribution in [-0.2, 0) is 24.7 Å². The third-order valence-electron chi connectivity index (χ3n) is 2.48. The van der Waals surface area contributed by atoms with Gasteiger partial charge in [-0.25, -0.2) is 8.78 Å². The van der Waals surface area contributed by atoms with Crippen LogP contribution in [0, 0.1) is 0 Å². The normalized spacial score (nSPS) is 12.2. The van der Waals surface area contributed by atoms with Gasteiger partial charge in [0.05, 0.1) is 22.3 Å². The highest BCUT2D eigenvalue weighted by atomic mass is 79.9. The first-order chi connectivity index (χ1) is 8.21. The van der Waals surface area contributed by atoms with Crippen molar-refractivity contribution in [3.63, 3.8) is 0 Å². The average molecular weight is 331 g/mol. The van der Waals surface area contributed by atoms with Crippen molar-refractivity contribution in [3.8, 4) is 0 Å². The highest BCUT2D eigenvalue weighted by Crippen LogP contribution is 2.28. The number of nitrogens with zero attached hydrogens (tertiary/aromatic N) is 2. The zero-order valence-corrected chi connectivity index (χ0v) is 11.3. The molecule has 0 unspecified atom stereocenters. The smallest absolute Gasteiger partial charge is 0.292 e. The molecular weight excluding hydrogens is 320 g/mol. The molecule has 1 rings (SSSR count). The van der Waals surface area contributed by atoms with Gasteiger partial charge in [-0.05, 0) is 22.4 Å². The van der Waals surface area contributed by atoms with Gasteiger partial charge >= 0.3 is 12.3 Å². The summed E-state index contributed by atoms with van der Waals surface area (Å²) >= 11 is 3.13. The third-order valence-corrected chi connectivity index (χ3v) is 3.39. The molecule has 0 fully saturated rings. The van der Waals surface area contributed by atoms with E-state index in [1.165, 1.54) is 11.7 Å². The number of aromatic nitrogens is 2. The second-order valence-corrected chi connectivity index (χ2v) is 4.50. The van der Waals surface area contributed by atoms with Crippen LogP contribution in [0.2, 0.25) is 0 Å². The Kier molecular flexibility index (Phi) is 4.52. The molecule has 0 bridgehead atoms. The van der Waals surface area contributed by atoms with Gasteiger partial charge in [-0.1, -0.05) is 6.92 Å². The van der Waals surface area contributed by atoms with Gasteiger partial charge in [-0.3, -0.25) is 9.48 Å². The van der Waals surface area contributed by atoms with Gasteiger partial charge in [-0.2, -0.15) is 13.9 Å². The molecule has 3 nitrogen and oxygen atoms in total. The Morgan fingerprint density at radius 3 is 2.44 bits per heavy atom. The first-order valence-electron chi connectivity index (χ1n) is 5.11. The molecule has 1 aromatic heterocycles. The third kappa shape index (κ3) is 2.73. The van der Waals surface area contributed by atoms with Crippen LogP contribution in [0.4, 0.5) is 17.6 Å². The number of Topliss-reactive ketones (excluding diaryl/α,β-unsaturated/α-hetero) is 1. The average Bonchev–Trinajstić information content (AvgIpc) is 2.55. The van der Waals surface area contributed by atoms with Gasteiger partial charge < -0.3 is 0 Å². The molecule has 18 heavy (non-hydrogen) atoms. The van der Waals surface area contributed by atoms with Crippen molar-refractivity contribution in [3.05, 3.63) is 15.9 Å². The van der Waals surface area contributed by atoms with E-state index >= 15 is 0 Å². The Bertz CT molecular complexity index is 459. The molecule has 0 N–H and O–H groups in total. The largest absolute Gasteiger partial charge is 0.364 e. The van der Waals surface area contributed by atoms with Gasteiger partial charge in [0.1, 0.15) is 0 Å². The lowest BCUT2D eigenvalue weighted by molar-refractivity contribution is -0.166. The van der Waals surface area contributed by atoms with Gasteiger partial charge in [0.15, 0.2) is 0 Å². The van der Waals surface area contributed by atoms with Gasteiger partial charge in [0, 0.05) is 7.05 Å². The van der Waals surface area contributed by atoms with Crippen LogP contribution in [0.1, 0.15) is 18.3 Å². The maximum atomic E-state index is 12.8. The van der Waals surface area contributed by atoms with E-state index in [0.29, 0.717) is 16.6 Å². The quantitative estimate of drug-likeness (QED) is 0.778. The number of hydrogen-bond acceptors (Lipinski definition) is 2. The summed E-state index contributed by atoms with van der Waals surface area (Å²) in [6, 6.07) is 0. The molecule has 1 heterocycles. The molecule has 8 heteroatoms. The lowest BCUT2D eigenvalue weighted by Gasteiger charge is -2.13. The van der Waals surface area contributed by atoms with Crippen molar-refractivity contribution in [2.75, 3.05) is 0 Å². The van der Waals surface area contributed by atoms with Crippen LogP contribution in [0.25, 0.3) is 0 Å². The number of aryl methyl sites for hydroxylation is 2. The van der Waals surface area contributed by atoms with Crippen molar-refractivity contribution < 1.29 is 22.4 Å². The van der Waals surface area contributed by atoms with E-state index in [1.54, 1.807) is 6.92 Å². The Hall–Kier alpha value is -0.920. The summed E-state index contributed by atoms with van der Waals surface area (Å²) in [6.45, 7) is 1.80. The van der Waals surface area contributed by atoms with Crippen molar-refractivity contribution in [2.45, 2.75) is 32.1 Å². The van der Waals surface area contributed by atoms with Crippen molar-refractivity contribution >= 4 is 21.7 Å². The lowest BCUT2D eigenvalue weighted by Crippen LogP contribution is -2.38. The minimum atomic E-state index is -4.63. The Morgan fingerprint density at radius 2 is 2.06 bits per heavy atom. The minimum Gasteiger partial charge on any atom is -0.292 e. The second-order valence-electron chi connectivity index (χ2n) is 3.71. The van der Waals surface area contributed by atoms with Crippen molar-refractivity contribution in [1.29, 1.82) is 0 Å². The zero-order valence-electron chi connectivity index (χ0n) is 9.68. The predicted molar refractivity (Wildman–Crippen MR) is 59.9 cm³/mol. The number of halogens is 5. The predicted octanol–water partition coefficient (Wildman–Crippen LogP) is 2.76. The van der Waals surface area contributed by atoms with Crippen LogP contribution in [0.3, 0.4) is 0 Å². The Labute approximate surface area is 109 Å². The van der Waals surface area contributed by atoms with E-state index in [9.17, 15) is 22.4 Å². The number of hydrogen-bond donors (Lipinski definition) is 0. The maximum Gasteiger partial charge on any atom is 0.364 e. The van der Waals surface area contributed by atoms with E-state index in [1.807, 2.05) is 0 Å². The molecule has 0 saturated carbocycles. The van der Waals surface area contributed by atoms with Crippen LogP contribution in [0.5, 0.6) is 0 Å². The highest BCUT2D eigenvalue weighted by molar-refractivity contribution is 9.10. The lowest BCUT2D eigenvalue weighted by atomic mass is 10.1. The van der Waals surface area contributed by atoms with E-state index in [-0.39, 0.29) is 5.69 Å². The number of carbonyl (C=O) groups is 1. The van der Waals surface area contributed by atoms with Gasteiger partial charge in [0.2, 0.25) is 5.78 Å². The SMILES string of the molecule is CCc1nn(C)c(CC(=O)C(F)(F)C(F)F)c1Br.